The molecular formula is C14H30Na2O6S. The third-order valence-corrected chi connectivity index (χ3v) is 2.91. The predicted octanol–water partition coefficient (Wildman–Crippen LogP) is -3.07. The van der Waals surface area contributed by atoms with E-state index in [1.807, 2.05) is 6.92 Å². The Labute approximate surface area is 186 Å². The standard InChI is InChI=1S/C14H30O2.2Na.H2O4S/c1-3-5-6-7-8-9-10-11-12-13-14(15)16-4-2;;;1-5(2,3)4/h14-15H,3-13H2,1-2H3;;;(H2,1,2,3,4)/q;2*+1;/p-2. The van der Waals surface area contributed by atoms with Gasteiger partial charge in [-0.2, -0.15) is 0 Å². The molecule has 0 amide bonds. The van der Waals surface area contributed by atoms with Crippen molar-refractivity contribution in [1.29, 1.82) is 0 Å². The number of unbranched alkanes of at least 4 members (excludes halogenated alkanes) is 8. The molecule has 0 aliphatic heterocycles. The van der Waals surface area contributed by atoms with Crippen LogP contribution in [0.5, 0.6) is 0 Å². The summed E-state index contributed by atoms with van der Waals surface area (Å²) < 4.78 is 39.2. The molecule has 0 spiro atoms. The van der Waals surface area contributed by atoms with Crippen LogP contribution in [-0.4, -0.2) is 35.5 Å². The average molecular weight is 372 g/mol. The van der Waals surface area contributed by atoms with E-state index in [1.165, 1.54) is 51.4 Å². The molecule has 0 saturated heterocycles. The van der Waals surface area contributed by atoms with E-state index in [9.17, 15) is 5.11 Å². The summed E-state index contributed by atoms with van der Waals surface area (Å²) in [6.45, 7) is 4.78. The fraction of sp³-hybridized carbons (Fsp3) is 1.00. The summed E-state index contributed by atoms with van der Waals surface area (Å²) in [6.07, 6.45) is 12.2. The van der Waals surface area contributed by atoms with Crippen LogP contribution in [-0.2, 0) is 15.1 Å². The second kappa shape index (κ2) is 23.8. The molecule has 1 unspecified atom stereocenters. The molecule has 0 rings (SSSR count). The summed E-state index contributed by atoms with van der Waals surface area (Å²) >= 11 is 0. The summed E-state index contributed by atoms with van der Waals surface area (Å²) in [5.74, 6) is 0. The van der Waals surface area contributed by atoms with Crippen LogP contribution in [0.1, 0.15) is 78.1 Å². The predicted molar refractivity (Wildman–Crippen MR) is 80.0 cm³/mol. The largest absolute Gasteiger partial charge is 1.00 e. The van der Waals surface area contributed by atoms with Crippen LogP contribution in [0.3, 0.4) is 0 Å². The van der Waals surface area contributed by atoms with E-state index in [1.54, 1.807) is 0 Å². The molecule has 0 radical (unpaired) electrons. The van der Waals surface area contributed by atoms with Crippen LogP contribution >= 0.6 is 0 Å². The van der Waals surface area contributed by atoms with Crippen LogP contribution in [0.25, 0.3) is 0 Å². The van der Waals surface area contributed by atoms with Gasteiger partial charge in [-0.15, -0.1) is 0 Å². The van der Waals surface area contributed by atoms with E-state index < -0.39 is 16.7 Å². The van der Waals surface area contributed by atoms with Crippen molar-refractivity contribution in [3.05, 3.63) is 0 Å². The van der Waals surface area contributed by atoms with Gasteiger partial charge in [-0.25, -0.2) is 0 Å². The molecule has 0 aromatic rings. The number of rotatable bonds is 12. The van der Waals surface area contributed by atoms with Crippen LogP contribution in [0.15, 0.2) is 0 Å². The van der Waals surface area contributed by atoms with E-state index in [0.717, 1.165) is 12.8 Å². The van der Waals surface area contributed by atoms with Crippen LogP contribution in [0.4, 0.5) is 0 Å². The first kappa shape index (κ1) is 32.5. The number of ether oxygens (including phenoxy) is 1. The molecule has 130 valence electrons. The first-order valence-electron chi connectivity index (χ1n) is 7.77. The van der Waals surface area contributed by atoms with Crippen molar-refractivity contribution in [3.8, 4) is 0 Å². The zero-order valence-electron chi connectivity index (χ0n) is 15.3. The minimum absolute atomic E-state index is 0. The summed E-state index contributed by atoms with van der Waals surface area (Å²) in [7, 11) is -5.17. The molecule has 0 aliphatic carbocycles. The SMILES string of the molecule is CCCCCCCCCCCC(O)OCC.O=S(=O)([O-])[O-].[Na+].[Na+]. The van der Waals surface area contributed by atoms with Gasteiger partial charge in [0.15, 0.2) is 6.29 Å². The van der Waals surface area contributed by atoms with Gasteiger partial charge in [-0.3, -0.25) is 8.42 Å². The molecule has 9 heteroatoms. The maximum atomic E-state index is 9.33. The van der Waals surface area contributed by atoms with Gasteiger partial charge in [0.1, 0.15) is 0 Å². The van der Waals surface area contributed by atoms with Crippen molar-refractivity contribution < 1.29 is 86.5 Å². The Kier molecular flexibility index (Phi) is 33.6. The topological polar surface area (TPSA) is 110 Å². The monoisotopic (exact) mass is 372 g/mol. The molecule has 0 heterocycles. The van der Waals surface area contributed by atoms with E-state index >= 15 is 0 Å². The second-order valence-corrected chi connectivity index (χ2v) is 5.75. The molecule has 0 aromatic carbocycles. The quantitative estimate of drug-likeness (QED) is 0.128. The minimum Gasteiger partial charge on any atom is -0.759 e. The zero-order valence-corrected chi connectivity index (χ0v) is 20.1. The molecule has 6 nitrogen and oxygen atoms in total. The maximum Gasteiger partial charge on any atom is 1.00 e. The van der Waals surface area contributed by atoms with Crippen molar-refractivity contribution in [2.75, 3.05) is 6.61 Å². The normalized spacial score (nSPS) is 11.5. The molecule has 1 N–H and O–H groups in total. The maximum absolute atomic E-state index is 9.33. The first-order chi connectivity index (χ1) is 9.81. The molecule has 0 fully saturated rings. The Hall–Kier alpha value is 1.79. The Morgan fingerprint density at radius 3 is 1.57 bits per heavy atom. The van der Waals surface area contributed by atoms with Gasteiger partial charge in [-0.05, 0) is 19.8 Å². The number of aliphatic hydroxyl groups excluding tert-OH is 1. The van der Waals surface area contributed by atoms with Crippen molar-refractivity contribution in [2.24, 2.45) is 0 Å². The Morgan fingerprint density at radius 1 is 0.870 bits per heavy atom. The average Bonchev–Trinajstić information content (AvgIpc) is 2.35. The third-order valence-electron chi connectivity index (χ3n) is 2.91. The summed E-state index contributed by atoms with van der Waals surface area (Å²) in [4.78, 5) is 0. The molecule has 0 bridgehead atoms. The van der Waals surface area contributed by atoms with Gasteiger partial charge in [0.05, 0.1) is 0 Å². The van der Waals surface area contributed by atoms with Gasteiger partial charge in [0, 0.05) is 17.0 Å². The Bertz CT molecular complexity index is 294. The van der Waals surface area contributed by atoms with E-state index in [0.29, 0.717) is 6.61 Å². The van der Waals surface area contributed by atoms with Gasteiger partial charge in [0.25, 0.3) is 0 Å². The van der Waals surface area contributed by atoms with Crippen LogP contribution < -0.4 is 59.1 Å². The summed E-state index contributed by atoms with van der Waals surface area (Å²) in [5.41, 5.74) is 0. The molecule has 0 aliphatic rings. The molecule has 23 heavy (non-hydrogen) atoms. The van der Waals surface area contributed by atoms with E-state index in [4.69, 9.17) is 22.3 Å². The van der Waals surface area contributed by atoms with Gasteiger partial charge in [-0.1, -0.05) is 58.3 Å². The smallest absolute Gasteiger partial charge is 0.759 e. The summed E-state index contributed by atoms with van der Waals surface area (Å²) in [6, 6.07) is 0. The minimum atomic E-state index is -5.17. The van der Waals surface area contributed by atoms with Crippen molar-refractivity contribution in [2.45, 2.75) is 84.3 Å². The molecule has 0 saturated carbocycles. The Balaban J connectivity index is -0.000000225. The second-order valence-electron chi connectivity index (χ2n) is 4.94. The van der Waals surface area contributed by atoms with Crippen molar-refractivity contribution >= 4 is 10.4 Å². The first-order valence-corrected chi connectivity index (χ1v) is 9.11. The fourth-order valence-electron chi connectivity index (χ4n) is 1.91. The third kappa shape index (κ3) is 45.3. The van der Waals surface area contributed by atoms with Crippen molar-refractivity contribution in [1.82, 2.24) is 0 Å². The number of hydrogen-bond acceptors (Lipinski definition) is 6. The summed E-state index contributed by atoms with van der Waals surface area (Å²) in [5, 5.41) is 9.33. The van der Waals surface area contributed by atoms with E-state index in [-0.39, 0.29) is 59.1 Å². The molecule has 1 atom stereocenters. The number of hydrogen-bond donors (Lipinski definition) is 1. The van der Waals surface area contributed by atoms with Gasteiger partial charge in [0.2, 0.25) is 0 Å². The van der Waals surface area contributed by atoms with Gasteiger partial charge >= 0.3 is 59.1 Å². The van der Waals surface area contributed by atoms with Crippen LogP contribution in [0, 0.1) is 0 Å². The number of aliphatic hydroxyl groups is 1. The Morgan fingerprint density at radius 2 is 1.22 bits per heavy atom. The fourth-order valence-corrected chi connectivity index (χ4v) is 1.91. The van der Waals surface area contributed by atoms with Crippen molar-refractivity contribution in [3.63, 3.8) is 0 Å². The molecular weight excluding hydrogens is 342 g/mol. The molecule has 0 aromatic heterocycles. The van der Waals surface area contributed by atoms with E-state index in [2.05, 4.69) is 6.92 Å². The van der Waals surface area contributed by atoms with Crippen LogP contribution in [0.2, 0.25) is 0 Å². The zero-order chi connectivity index (χ0) is 16.6. The van der Waals surface area contributed by atoms with Gasteiger partial charge < -0.3 is 18.9 Å².